The summed E-state index contributed by atoms with van der Waals surface area (Å²) in [6, 6.07) is 3.04. The molecule has 1 aromatic heterocycles. The SMILES string of the molecule is Cc1sc2c(c1C)C(=O)NC(c1cc(Cl)cc(Cl)c1O)N2. The molecule has 110 valence electrons. The molecule has 0 radical (unpaired) electrons. The molecule has 7 heteroatoms. The molecule has 21 heavy (non-hydrogen) atoms. The third-order valence-electron chi connectivity index (χ3n) is 3.53. The third kappa shape index (κ3) is 2.35. The number of anilines is 1. The van der Waals surface area contributed by atoms with E-state index in [2.05, 4.69) is 10.6 Å². The van der Waals surface area contributed by atoms with Crippen LogP contribution in [0.1, 0.15) is 32.5 Å². The number of carbonyl (C=O) groups excluding carboxylic acids is 1. The minimum atomic E-state index is -0.571. The summed E-state index contributed by atoms with van der Waals surface area (Å²) in [5.41, 5.74) is 2.06. The van der Waals surface area contributed by atoms with Gasteiger partial charge in [-0.3, -0.25) is 4.79 Å². The van der Waals surface area contributed by atoms with Crippen molar-refractivity contribution >= 4 is 45.4 Å². The molecule has 1 aromatic carbocycles. The maximum absolute atomic E-state index is 12.3. The Bertz CT molecular complexity index is 758. The summed E-state index contributed by atoms with van der Waals surface area (Å²) in [7, 11) is 0. The highest BCUT2D eigenvalue weighted by molar-refractivity contribution is 7.16. The third-order valence-corrected chi connectivity index (χ3v) is 5.18. The smallest absolute Gasteiger partial charge is 0.256 e. The molecule has 2 heterocycles. The van der Waals surface area contributed by atoms with Gasteiger partial charge in [0.15, 0.2) is 0 Å². The predicted molar refractivity (Wildman–Crippen MR) is 85.7 cm³/mol. The second-order valence-corrected chi connectivity index (χ2v) is 6.93. The van der Waals surface area contributed by atoms with E-state index in [0.29, 0.717) is 16.1 Å². The molecular weight excluding hydrogens is 331 g/mol. The minimum absolute atomic E-state index is 0.0904. The monoisotopic (exact) mass is 342 g/mol. The Morgan fingerprint density at radius 2 is 1.95 bits per heavy atom. The van der Waals surface area contributed by atoms with Gasteiger partial charge < -0.3 is 15.7 Å². The molecule has 0 aliphatic carbocycles. The quantitative estimate of drug-likeness (QED) is 0.726. The minimum Gasteiger partial charge on any atom is -0.506 e. The molecule has 2 aromatic rings. The van der Waals surface area contributed by atoms with Crippen molar-refractivity contribution in [1.82, 2.24) is 5.32 Å². The Morgan fingerprint density at radius 3 is 2.67 bits per heavy atom. The van der Waals surface area contributed by atoms with Crippen molar-refractivity contribution in [3.05, 3.63) is 43.7 Å². The zero-order valence-electron chi connectivity index (χ0n) is 11.3. The summed E-state index contributed by atoms with van der Waals surface area (Å²) < 4.78 is 0. The van der Waals surface area contributed by atoms with Gasteiger partial charge in [-0.2, -0.15) is 0 Å². The summed E-state index contributed by atoms with van der Waals surface area (Å²) in [5, 5.41) is 17.5. The van der Waals surface area contributed by atoms with Crippen LogP contribution in [0.15, 0.2) is 12.1 Å². The fourth-order valence-electron chi connectivity index (χ4n) is 2.33. The maximum atomic E-state index is 12.3. The van der Waals surface area contributed by atoms with Crippen LogP contribution in [-0.4, -0.2) is 11.0 Å². The van der Waals surface area contributed by atoms with Crippen molar-refractivity contribution in [2.45, 2.75) is 20.0 Å². The van der Waals surface area contributed by atoms with Gasteiger partial charge in [0.1, 0.15) is 16.9 Å². The van der Waals surface area contributed by atoms with E-state index >= 15 is 0 Å². The summed E-state index contributed by atoms with van der Waals surface area (Å²) in [6.07, 6.45) is -0.571. The highest BCUT2D eigenvalue weighted by Crippen LogP contribution is 2.41. The van der Waals surface area contributed by atoms with Crippen molar-refractivity contribution in [2.75, 3.05) is 5.32 Å². The van der Waals surface area contributed by atoms with Crippen molar-refractivity contribution in [3.8, 4) is 5.75 Å². The van der Waals surface area contributed by atoms with Crippen molar-refractivity contribution < 1.29 is 9.90 Å². The number of hydrogen-bond donors (Lipinski definition) is 3. The average Bonchev–Trinajstić information content (AvgIpc) is 2.69. The van der Waals surface area contributed by atoms with Crippen molar-refractivity contribution in [1.29, 1.82) is 0 Å². The maximum Gasteiger partial charge on any atom is 0.256 e. The molecule has 3 rings (SSSR count). The van der Waals surface area contributed by atoms with E-state index in [1.54, 1.807) is 6.07 Å². The van der Waals surface area contributed by atoms with Gasteiger partial charge in [-0.25, -0.2) is 0 Å². The van der Waals surface area contributed by atoms with E-state index in [4.69, 9.17) is 23.2 Å². The summed E-state index contributed by atoms with van der Waals surface area (Å²) in [5.74, 6) is -0.265. The molecule has 1 unspecified atom stereocenters. The molecule has 0 bridgehead atoms. The lowest BCUT2D eigenvalue weighted by Crippen LogP contribution is -2.38. The molecule has 0 fully saturated rings. The number of halogens is 2. The van der Waals surface area contributed by atoms with E-state index in [1.165, 1.54) is 17.4 Å². The molecule has 1 amide bonds. The molecule has 1 aliphatic heterocycles. The number of rotatable bonds is 1. The number of thiophene rings is 1. The van der Waals surface area contributed by atoms with Crippen LogP contribution in [0, 0.1) is 13.8 Å². The number of aryl methyl sites for hydroxylation is 1. The van der Waals surface area contributed by atoms with Crippen LogP contribution >= 0.6 is 34.5 Å². The highest BCUT2D eigenvalue weighted by atomic mass is 35.5. The van der Waals surface area contributed by atoms with Crippen molar-refractivity contribution in [2.24, 2.45) is 0 Å². The summed E-state index contributed by atoms with van der Waals surface area (Å²) in [4.78, 5) is 13.4. The van der Waals surface area contributed by atoms with Crippen LogP contribution < -0.4 is 10.6 Å². The Balaban J connectivity index is 2.06. The number of hydrogen-bond acceptors (Lipinski definition) is 4. The van der Waals surface area contributed by atoms with Crippen LogP contribution in [-0.2, 0) is 0 Å². The van der Waals surface area contributed by atoms with Gasteiger partial charge in [-0.15, -0.1) is 11.3 Å². The topological polar surface area (TPSA) is 61.4 Å². The lowest BCUT2D eigenvalue weighted by molar-refractivity contribution is 0.0935. The lowest BCUT2D eigenvalue weighted by atomic mass is 10.1. The van der Waals surface area contributed by atoms with E-state index in [9.17, 15) is 9.90 Å². The fraction of sp³-hybridized carbons (Fsp3) is 0.214. The van der Waals surface area contributed by atoms with Gasteiger partial charge in [-0.05, 0) is 31.5 Å². The number of amides is 1. The fourth-order valence-corrected chi connectivity index (χ4v) is 3.93. The molecule has 3 N–H and O–H groups in total. The Kier molecular flexibility index (Phi) is 3.51. The zero-order valence-corrected chi connectivity index (χ0v) is 13.6. The molecule has 0 saturated heterocycles. The second kappa shape index (κ2) is 5.09. The molecule has 4 nitrogen and oxygen atoms in total. The molecule has 1 aliphatic rings. The van der Waals surface area contributed by atoms with Gasteiger partial charge in [0.05, 0.1) is 10.6 Å². The lowest BCUT2D eigenvalue weighted by Gasteiger charge is -2.27. The van der Waals surface area contributed by atoms with Gasteiger partial charge in [0.25, 0.3) is 5.91 Å². The first-order valence-corrected chi connectivity index (χ1v) is 7.81. The van der Waals surface area contributed by atoms with Gasteiger partial charge in [-0.1, -0.05) is 23.2 Å². The normalized spacial score (nSPS) is 17.1. The van der Waals surface area contributed by atoms with Crippen molar-refractivity contribution in [3.63, 3.8) is 0 Å². The summed E-state index contributed by atoms with van der Waals surface area (Å²) >= 11 is 13.4. The first kappa shape index (κ1) is 14.5. The number of benzene rings is 1. The van der Waals surface area contributed by atoms with E-state index in [0.717, 1.165) is 15.4 Å². The number of nitrogens with one attached hydrogen (secondary N) is 2. The number of phenols is 1. The van der Waals surface area contributed by atoms with E-state index in [-0.39, 0.29) is 16.7 Å². The molecule has 1 atom stereocenters. The molecular formula is C14H12Cl2N2O2S. The van der Waals surface area contributed by atoms with Crippen LogP contribution in [0.25, 0.3) is 0 Å². The van der Waals surface area contributed by atoms with Gasteiger partial charge >= 0.3 is 0 Å². The van der Waals surface area contributed by atoms with Gasteiger partial charge in [0, 0.05) is 15.5 Å². The van der Waals surface area contributed by atoms with E-state index < -0.39 is 6.17 Å². The second-order valence-electron chi connectivity index (χ2n) is 4.86. The Morgan fingerprint density at radius 1 is 1.24 bits per heavy atom. The van der Waals surface area contributed by atoms with Crippen LogP contribution in [0.4, 0.5) is 5.00 Å². The number of fused-ring (bicyclic) bond motifs is 1. The highest BCUT2D eigenvalue weighted by Gasteiger charge is 2.30. The van der Waals surface area contributed by atoms with Crippen LogP contribution in [0.2, 0.25) is 10.0 Å². The number of phenolic OH excluding ortho intramolecular Hbond substituents is 1. The predicted octanol–water partition coefficient (Wildman–Crippen LogP) is 4.23. The average molecular weight is 343 g/mol. The number of carbonyl (C=O) groups is 1. The van der Waals surface area contributed by atoms with E-state index in [1.807, 2.05) is 13.8 Å². The first-order valence-electron chi connectivity index (χ1n) is 6.23. The molecule has 0 spiro atoms. The first-order chi connectivity index (χ1) is 9.88. The Hall–Kier alpha value is -1.43. The summed E-state index contributed by atoms with van der Waals surface area (Å²) in [6.45, 7) is 3.88. The zero-order chi connectivity index (χ0) is 15.3. The van der Waals surface area contributed by atoms with Gasteiger partial charge in [0.2, 0.25) is 0 Å². The standard InChI is InChI=1S/C14H12Cl2N2O2S/c1-5-6(2)21-14-10(5)13(20)17-12(18-14)8-3-7(15)4-9(16)11(8)19/h3-4,12,18-19H,1-2H3,(H,17,20). The van der Waals surface area contributed by atoms with Crippen LogP contribution in [0.5, 0.6) is 5.75 Å². The largest absolute Gasteiger partial charge is 0.506 e. The van der Waals surface area contributed by atoms with Crippen LogP contribution in [0.3, 0.4) is 0 Å². The Labute approximate surface area is 135 Å². The number of aromatic hydroxyl groups is 1. The molecule has 0 saturated carbocycles.